The quantitative estimate of drug-likeness (QED) is 0.841. The highest BCUT2D eigenvalue weighted by molar-refractivity contribution is 5.97. The van der Waals surface area contributed by atoms with Crippen LogP contribution in [0, 0.1) is 0 Å². The van der Waals surface area contributed by atoms with Crippen LogP contribution in [-0.2, 0) is 17.6 Å². The summed E-state index contributed by atoms with van der Waals surface area (Å²) >= 11 is 0. The summed E-state index contributed by atoms with van der Waals surface area (Å²) in [7, 11) is 0. The first-order valence-corrected chi connectivity index (χ1v) is 9.13. The molecule has 0 aromatic heterocycles. The summed E-state index contributed by atoms with van der Waals surface area (Å²) in [6, 6.07) is 13.3. The van der Waals surface area contributed by atoms with Crippen molar-refractivity contribution in [1.82, 2.24) is 5.32 Å². The molecule has 0 radical (unpaired) electrons. The smallest absolute Gasteiger partial charge is 0.262 e. The van der Waals surface area contributed by atoms with Crippen LogP contribution in [0.4, 0.5) is 5.69 Å². The summed E-state index contributed by atoms with van der Waals surface area (Å²) in [5, 5.41) is 5.73. The minimum absolute atomic E-state index is 0.0582. The molecule has 5 nitrogen and oxygen atoms in total. The number of carbonyl (C=O) groups excluding carboxylic acids is 2. The lowest BCUT2D eigenvalue weighted by Crippen LogP contribution is -2.25. The second kappa shape index (κ2) is 7.20. The molecule has 4 rings (SSSR count). The summed E-state index contributed by atoms with van der Waals surface area (Å²) < 4.78 is 5.61. The van der Waals surface area contributed by atoms with E-state index in [0.29, 0.717) is 17.3 Å². The fourth-order valence-corrected chi connectivity index (χ4v) is 3.22. The van der Waals surface area contributed by atoms with Crippen LogP contribution < -0.4 is 15.4 Å². The average molecular weight is 350 g/mol. The predicted octanol–water partition coefficient (Wildman–Crippen LogP) is 3.09. The Kier molecular flexibility index (Phi) is 4.61. The number of hydrogen-bond acceptors (Lipinski definition) is 3. The van der Waals surface area contributed by atoms with Crippen molar-refractivity contribution in [3.63, 3.8) is 0 Å². The first-order valence-electron chi connectivity index (χ1n) is 9.13. The number of anilines is 1. The van der Waals surface area contributed by atoms with Crippen LogP contribution in [-0.4, -0.2) is 24.5 Å². The van der Waals surface area contributed by atoms with Crippen molar-refractivity contribution >= 4 is 17.5 Å². The molecule has 2 aromatic carbocycles. The summed E-state index contributed by atoms with van der Waals surface area (Å²) in [4.78, 5) is 24.2. The van der Waals surface area contributed by atoms with Crippen molar-refractivity contribution in [2.24, 2.45) is 0 Å². The van der Waals surface area contributed by atoms with Crippen molar-refractivity contribution in [3.8, 4) is 5.75 Å². The van der Waals surface area contributed by atoms with Crippen LogP contribution in [0.15, 0.2) is 42.5 Å². The van der Waals surface area contributed by atoms with Gasteiger partial charge < -0.3 is 15.4 Å². The number of nitrogens with one attached hydrogen (secondary N) is 2. The molecule has 0 unspecified atom stereocenters. The molecule has 26 heavy (non-hydrogen) atoms. The number of aryl methyl sites for hydroxylation is 2. The Morgan fingerprint density at radius 1 is 1.04 bits per heavy atom. The molecule has 0 spiro atoms. The molecule has 0 saturated heterocycles. The Morgan fingerprint density at radius 2 is 1.88 bits per heavy atom. The van der Waals surface area contributed by atoms with E-state index in [0.717, 1.165) is 31.4 Å². The van der Waals surface area contributed by atoms with Gasteiger partial charge in [0.15, 0.2) is 6.61 Å². The number of benzene rings is 2. The first-order chi connectivity index (χ1) is 12.7. The Balaban J connectivity index is 1.32. The van der Waals surface area contributed by atoms with Gasteiger partial charge in [0.1, 0.15) is 5.75 Å². The molecule has 0 aliphatic heterocycles. The van der Waals surface area contributed by atoms with Crippen LogP contribution in [0.2, 0.25) is 0 Å². The van der Waals surface area contributed by atoms with Crippen LogP contribution in [0.25, 0.3) is 0 Å². The first kappa shape index (κ1) is 16.6. The van der Waals surface area contributed by atoms with Gasteiger partial charge in [-0.2, -0.15) is 0 Å². The molecule has 0 heterocycles. The zero-order valence-electron chi connectivity index (χ0n) is 14.6. The summed E-state index contributed by atoms with van der Waals surface area (Å²) in [6.45, 7) is -0.0582. The molecule has 2 amide bonds. The molecule has 1 fully saturated rings. The number of ether oxygens (including phenoxy) is 1. The van der Waals surface area contributed by atoms with E-state index in [1.807, 2.05) is 12.1 Å². The van der Waals surface area contributed by atoms with Crippen molar-refractivity contribution in [3.05, 3.63) is 59.2 Å². The van der Waals surface area contributed by atoms with Gasteiger partial charge in [-0.3, -0.25) is 9.59 Å². The largest absolute Gasteiger partial charge is 0.484 e. The predicted molar refractivity (Wildman–Crippen MR) is 99.5 cm³/mol. The minimum atomic E-state index is -0.245. The zero-order valence-corrected chi connectivity index (χ0v) is 14.6. The lowest BCUT2D eigenvalue weighted by Gasteiger charge is -2.10. The molecule has 0 bridgehead atoms. The van der Waals surface area contributed by atoms with Crippen molar-refractivity contribution < 1.29 is 14.3 Å². The SMILES string of the molecule is O=C(COc1ccc2c(c1)CCC2)Nc1cccc(C(=O)NC2CC2)c1. The third-order valence-electron chi connectivity index (χ3n) is 4.76. The molecule has 5 heteroatoms. The van der Waals surface area contributed by atoms with Gasteiger partial charge in [-0.1, -0.05) is 12.1 Å². The van der Waals surface area contributed by atoms with Gasteiger partial charge in [0.05, 0.1) is 0 Å². The minimum Gasteiger partial charge on any atom is -0.484 e. The summed E-state index contributed by atoms with van der Waals surface area (Å²) in [6.07, 6.45) is 5.48. The highest BCUT2D eigenvalue weighted by atomic mass is 16.5. The number of rotatable bonds is 6. The Hall–Kier alpha value is -2.82. The van der Waals surface area contributed by atoms with Crippen molar-refractivity contribution in [2.75, 3.05) is 11.9 Å². The molecule has 2 aliphatic carbocycles. The van der Waals surface area contributed by atoms with E-state index in [1.54, 1.807) is 24.3 Å². The van der Waals surface area contributed by atoms with E-state index in [4.69, 9.17) is 4.74 Å². The lowest BCUT2D eigenvalue weighted by atomic mass is 10.1. The fourth-order valence-electron chi connectivity index (χ4n) is 3.22. The van der Waals surface area contributed by atoms with E-state index in [2.05, 4.69) is 16.7 Å². The third-order valence-corrected chi connectivity index (χ3v) is 4.76. The lowest BCUT2D eigenvalue weighted by molar-refractivity contribution is -0.118. The molecule has 2 aliphatic rings. The Bertz CT molecular complexity index is 843. The number of fused-ring (bicyclic) bond motifs is 1. The summed E-state index contributed by atoms with van der Waals surface area (Å²) in [5.74, 6) is 0.376. The summed E-state index contributed by atoms with van der Waals surface area (Å²) in [5.41, 5.74) is 3.84. The number of amides is 2. The normalized spacial score (nSPS) is 15.2. The maximum absolute atomic E-state index is 12.2. The monoisotopic (exact) mass is 350 g/mol. The number of carbonyl (C=O) groups is 2. The molecule has 0 atom stereocenters. The second-order valence-electron chi connectivity index (χ2n) is 6.95. The average Bonchev–Trinajstić information content (AvgIpc) is 3.33. The molecule has 2 aromatic rings. The van der Waals surface area contributed by atoms with Gasteiger partial charge in [0.2, 0.25) is 0 Å². The van der Waals surface area contributed by atoms with Crippen LogP contribution >= 0.6 is 0 Å². The van der Waals surface area contributed by atoms with Gasteiger partial charge in [-0.15, -0.1) is 0 Å². The van der Waals surface area contributed by atoms with Gasteiger partial charge >= 0.3 is 0 Å². The highest BCUT2D eigenvalue weighted by Crippen LogP contribution is 2.26. The fraction of sp³-hybridized carbons (Fsp3) is 0.333. The van der Waals surface area contributed by atoms with Crippen LogP contribution in [0.3, 0.4) is 0 Å². The Labute approximate surface area is 152 Å². The van der Waals surface area contributed by atoms with E-state index in [1.165, 1.54) is 17.5 Å². The van der Waals surface area contributed by atoms with Gasteiger partial charge in [-0.05, 0) is 73.6 Å². The highest BCUT2D eigenvalue weighted by Gasteiger charge is 2.23. The van der Waals surface area contributed by atoms with Crippen LogP contribution in [0.1, 0.15) is 40.7 Å². The van der Waals surface area contributed by atoms with E-state index >= 15 is 0 Å². The molecular formula is C21H22N2O3. The van der Waals surface area contributed by atoms with Crippen molar-refractivity contribution in [1.29, 1.82) is 0 Å². The zero-order chi connectivity index (χ0) is 17.9. The maximum Gasteiger partial charge on any atom is 0.262 e. The molecular weight excluding hydrogens is 328 g/mol. The standard InChI is InChI=1S/C21H22N2O3/c24-20(13-26-19-10-7-14-3-1-4-15(14)12-19)22-18-6-2-5-16(11-18)21(25)23-17-8-9-17/h2,5-7,10-12,17H,1,3-4,8-9,13H2,(H,22,24)(H,23,25). The van der Waals surface area contributed by atoms with Gasteiger partial charge in [0.25, 0.3) is 11.8 Å². The van der Waals surface area contributed by atoms with Gasteiger partial charge in [0, 0.05) is 17.3 Å². The number of hydrogen-bond donors (Lipinski definition) is 2. The van der Waals surface area contributed by atoms with E-state index in [9.17, 15) is 9.59 Å². The third kappa shape index (κ3) is 4.04. The Morgan fingerprint density at radius 3 is 2.73 bits per heavy atom. The second-order valence-corrected chi connectivity index (χ2v) is 6.95. The van der Waals surface area contributed by atoms with Gasteiger partial charge in [-0.25, -0.2) is 0 Å². The molecule has 1 saturated carbocycles. The van der Waals surface area contributed by atoms with Crippen molar-refractivity contribution in [2.45, 2.75) is 38.1 Å². The molecule has 134 valence electrons. The van der Waals surface area contributed by atoms with Crippen LogP contribution in [0.5, 0.6) is 5.75 Å². The maximum atomic E-state index is 12.2. The topological polar surface area (TPSA) is 67.4 Å². The van der Waals surface area contributed by atoms with E-state index in [-0.39, 0.29) is 18.4 Å². The molecule has 2 N–H and O–H groups in total. The van der Waals surface area contributed by atoms with E-state index < -0.39 is 0 Å².